The number of nitrogens with zero attached hydrogens (tertiary/aromatic N) is 4. The van der Waals surface area contributed by atoms with Gasteiger partial charge in [0.05, 0.1) is 29.3 Å². The average molecular weight is 755 g/mol. The predicted octanol–water partition coefficient (Wildman–Crippen LogP) is 5.91. The Morgan fingerprint density at radius 2 is 1.22 bits per heavy atom. The number of amides is 2. The van der Waals surface area contributed by atoms with Gasteiger partial charge in [0, 0.05) is 66.6 Å². The first-order chi connectivity index (χ1) is 26.4. The van der Waals surface area contributed by atoms with E-state index in [1.54, 1.807) is 35.5 Å². The first-order valence-electron chi connectivity index (χ1n) is 17.6. The van der Waals surface area contributed by atoms with Crippen LogP contribution in [-0.2, 0) is 32.0 Å². The van der Waals surface area contributed by atoms with Crippen molar-refractivity contribution in [1.82, 2.24) is 20.4 Å². The second-order valence-corrected chi connectivity index (χ2v) is 13.6. The second kappa shape index (κ2) is 15.3. The molecule has 282 valence electrons. The Hall–Kier alpha value is -6.22. The van der Waals surface area contributed by atoms with E-state index in [9.17, 15) is 41.8 Å². The number of benzene rings is 4. The van der Waals surface area contributed by atoms with Gasteiger partial charge in [0.25, 0.3) is 5.91 Å². The Balaban J connectivity index is 0.000000169. The zero-order chi connectivity index (χ0) is 38.9. The van der Waals surface area contributed by atoms with Gasteiger partial charge in [-0.25, -0.2) is 17.6 Å². The van der Waals surface area contributed by atoms with Gasteiger partial charge in [-0.15, -0.1) is 0 Å². The Morgan fingerprint density at radius 1 is 0.709 bits per heavy atom. The largest absolute Gasteiger partial charge is 0.373 e. The molecule has 4 heterocycles. The molecule has 2 aromatic heterocycles. The summed E-state index contributed by atoms with van der Waals surface area (Å²) >= 11 is 0. The molecule has 0 spiro atoms. The molecule has 0 bridgehead atoms. The average Bonchev–Trinajstić information content (AvgIpc) is 3.96. The third kappa shape index (κ3) is 7.87. The number of hydrogen-bond donors (Lipinski definition) is 3. The van der Waals surface area contributed by atoms with Crippen LogP contribution in [0.3, 0.4) is 0 Å². The first kappa shape index (κ1) is 37.1. The number of nitrogens with one attached hydrogen (secondary N) is 2. The molecule has 0 aliphatic carbocycles. The number of aromatic nitrogens is 4. The summed E-state index contributed by atoms with van der Waals surface area (Å²) in [6, 6.07) is 17.0. The van der Waals surface area contributed by atoms with Crippen molar-refractivity contribution in [2.75, 3.05) is 22.9 Å². The highest BCUT2D eigenvalue weighted by Gasteiger charge is 2.50. The summed E-state index contributed by atoms with van der Waals surface area (Å²) in [6.07, 6.45) is 3.83. The van der Waals surface area contributed by atoms with Gasteiger partial charge in [0.2, 0.25) is 11.5 Å². The van der Waals surface area contributed by atoms with Crippen LogP contribution < -0.4 is 9.80 Å². The lowest BCUT2D eigenvalue weighted by molar-refractivity contribution is -0.147. The molecule has 2 fully saturated rings. The van der Waals surface area contributed by atoms with Crippen molar-refractivity contribution >= 4 is 56.6 Å². The highest BCUT2D eigenvalue weighted by Crippen LogP contribution is 2.32. The molecular weight excluding hydrogens is 720 g/mol. The zero-order valence-corrected chi connectivity index (χ0v) is 29.2. The van der Waals surface area contributed by atoms with Gasteiger partial charge in [-0.3, -0.25) is 29.4 Å². The van der Waals surface area contributed by atoms with Crippen LogP contribution in [0.15, 0.2) is 85.2 Å². The van der Waals surface area contributed by atoms with Crippen molar-refractivity contribution in [2.24, 2.45) is 5.92 Å². The number of rotatable bonds is 10. The number of H-pyrrole nitrogens is 2. The Morgan fingerprint density at radius 3 is 1.76 bits per heavy atom. The van der Waals surface area contributed by atoms with Gasteiger partial charge in [-0.1, -0.05) is 0 Å². The fourth-order valence-corrected chi connectivity index (χ4v) is 7.06. The van der Waals surface area contributed by atoms with Gasteiger partial charge >= 0.3 is 0 Å². The summed E-state index contributed by atoms with van der Waals surface area (Å²) in [7, 11) is 0. The van der Waals surface area contributed by atoms with Gasteiger partial charge in [-0.05, 0) is 91.1 Å². The van der Waals surface area contributed by atoms with Crippen LogP contribution in [0.25, 0.3) is 21.8 Å². The van der Waals surface area contributed by atoms with Crippen molar-refractivity contribution in [1.29, 1.82) is 0 Å². The Kier molecular flexibility index (Phi) is 10.3. The number of aromatic amines is 2. The molecule has 11 nitrogen and oxygen atoms in total. The van der Waals surface area contributed by atoms with E-state index in [2.05, 4.69) is 20.4 Å². The van der Waals surface area contributed by atoms with E-state index in [1.165, 1.54) is 17.0 Å². The molecule has 4 aromatic carbocycles. The molecule has 15 heteroatoms. The number of carbonyl (C=O) groups is 4. The molecule has 2 aliphatic heterocycles. The van der Waals surface area contributed by atoms with Crippen molar-refractivity contribution in [3.05, 3.63) is 120 Å². The lowest BCUT2D eigenvalue weighted by Gasteiger charge is -2.21. The van der Waals surface area contributed by atoms with Crippen LogP contribution in [0.2, 0.25) is 0 Å². The number of aryl methyl sites for hydroxylation is 2. The number of fused-ring (bicyclic) bond motifs is 2. The normalized spacial score (nSPS) is 18.3. The summed E-state index contributed by atoms with van der Waals surface area (Å²) < 4.78 is 53.1. The molecule has 2 saturated heterocycles. The summed E-state index contributed by atoms with van der Waals surface area (Å²) in [4.78, 5) is 53.5. The molecule has 0 saturated carbocycles. The number of Topliss-reactive ketones (excluding diaryl/α,β-unsaturated/α-hetero) is 2. The topological polar surface area (TPSA) is 152 Å². The predicted molar refractivity (Wildman–Crippen MR) is 194 cm³/mol. The number of carbonyl (C=O) groups excluding carboxylic acids is 4. The Bertz CT molecular complexity index is 2410. The maximum Gasteiger partial charge on any atom is 0.266 e. The van der Waals surface area contributed by atoms with Crippen molar-refractivity contribution < 1.29 is 41.8 Å². The van der Waals surface area contributed by atoms with E-state index in [4.69, 9.17) is 0 Å². The SMILES string of the molecule is O=C(CCc1cc(F)cc(F)c1)C1(O)CCN(c2ccc3[nH]ncc3c2)C1=O.O=C(CCc1cc(F)cc(F)c1)C1CCN(c2ccc3[nH]ncc3c2)C1=O. The molecule has 2 atom stereocenters. The molecule has 0 radical (unpaired) electrons. The standard InChI is InChI=1S/C20H17F2N3O3.C20H17F2N3O2/c21-14-7-12(8-15(22)10-14)1-4-18(26)20(28)5-6-25(19(20)27)16-2-3-17-13(9-16)11-23-24-17;21-14-7-12(8-15(22)10-14)1-4-19(26)17-5-6-25(20(17)27)16-2-3-18-13(9-16)11-23-24-18/h2-3,7-11,28H,1,4-6H2,(H,23,24);2-3,7-11,17H,1,4-6H2,(H,23,24). The minimum atomic E-state index is -2.13. The quantitative estimate of drug-likeness (QED) is 0.116. The summed E-state index contributed by atoms with van der Waals surface area (Å²) in [6.45, 7) is 0.659. The van der Waals surface area contributed by atoms with E-state index < -0.39 is 46.5 Å². The highest BCUT2D eigenvalue weighted by atomic mass is 19.1. The van der Waals surface area contributed by atoms with E-state index in [-0.39, 0.29) is 50.3 Å². The molecule has 55 heavy (non-hydrogen) atoms. The van der Waals surface area contributed by atoms with Gasteiger partial charge in [-0.2, -0.15) is 10.2 Å². The molecule has 2 amide bonds. The van der Waals surface area contributed by atoms with Gasteiger partial charge < -0.3 is 14.9 Å². The minimum Gasteiger partial charge on any atom is -0.373 e. The maximum atomic E-state index is 13.3. The van der Waals surface area contributed by atoms with Crippen molar-refractivity contribution in [3.63, 3.8) is 0 Å². The van der Waals surface area contributed by atoms with Crippen molar-refractivity contribution in [3.8, 4) is 0 Å². The van der Waals surface area contributed by atoms with Crippen LogP contribution in [0.1, 0.15) is 36.8 Å². The molecule has 2 unspecified atom stereocenters. The molecule has 2 aliphatic rings. The Labute approximate surface area is 310 Å². The highest BCUT2D eigenvalue weighted by molar-refractivity contribution is 6.17. The van der Waals surface area contributed by atoms with Crippen LogP contribution in [-0.4, -0.2) is 67.6 Å². The lowest BCUT2D eigenvalue weighted by atomic mass is 9.92. The summed E-state index contributed by atoms with van der Waals surface area (Å²) in [5.41, 5.74) is 1.56. The number of anilines is 2. The van der Waals surface area contributed by atoms with Gasteiger partial charge in [0.1, 0.15) is 29.1 Å². The lowest BCUT2D eigenvalue weighted by Crippen LogP contribution is -2.47. The molecule has 8 rings (SSSR count). The zero-order valence-electron chi connectivity index (χ0n) is 29.2. The molecule has 6 aromatic rings. The van der Waals surface area contributed by atoms with Crippen LogP contribution in [0.5, 0.6) is 0 Å². The minimum absolute atomic E-state index is 0.0318. The number of aliphatic hydroxyl groups is 1. The fraction of sp³-hybridized carbons (Fsp3) is 0.250. The smallest absolute Gasteiger partial charge is 0.266 e. The number of hydrogen-bond acceptors (Lipinski definition) is 7. The van der Waals surface area contributed by atoms with Crippen LogP contribution in [0, 0.1) is 29.2 Å². The summed E-state index contributed by atoms with van der Waals surface area (Å²) in [5.74, 6) is -5.30. The maximum absolute atomic E-state index is 13.3. The van der Waals surface area contributed by atoms with Crippen LogP contribution >= 0.6 is 0 Å². The monoisotopic (exact) mass is 754 g/mol. The first-order valence-corrected chi connectivity index (χ1v) is 17.6. The third-order valence-electron chi connectivity index (χ3n) is 9.97. The summed E-state index contributed by atoms with van der Waals surface area (Å²) in [5, 5.41) is 26.0. The van der Waals surface area contributed by atoms with E-state index in [0.717, 1.165) is 51.8 Å². The second-order valence-electron chi connectivity index (χ2n) is 13.6. The van der Waals surface area contributed by atoms with Crippen molar-refractivity contribution in [2.45, 2.75) is 44.1 Å². The van der Waals surface area contributed by atoms with E-state index >= 15 is 0 Å². The van der Waals surface area contributed by atoms with E-state index in [1.807, 2.05) is 18.2 Å². The van der Waals surface area contributed by atoms with E-state index in [0.29, 0.717) is 29.8 Å². The molecular formula is C40H34F4N6O5. The number of ketones is 2. The molecule has 3 N–H and O–H groups in total. The van der Waals surface area contributed by atoms with Crippen LogP contribution in [0.4, 0.5) is 28.9 Å². The fourth-order valence-electron chi connectivity index (χ4n) is 7.06. The number of halogens is 4. The van der Waals surface area contributed by atoms with Gasteiger partial charge in [0.15, 0.2) is 5.78 Å². The third-order valence-corrected chi connectivity index (χ3v) is 9.97.